The second-order valence-corrected chi connectivity index (χ2v) is 6.11. The lowest BCUT2D eigenvalue weighted by molar-refractivity contribution is 0.104. The van der Waals surface area contributed by atoms with Crippen molar-refractivity contribution >= 4 is 21.5 Å². The maximum atomic E-state index is 12.3. The van der Waals surface area contributed by atoms with Crippen molar-refractivity contribution in [2.75, 3.05) is 0 Å². The summed E-state index contributed by atoms with van der Waals surface area (Å²) in [6, 6.07) is 14.8. The number of carbonyl (C=O) groups is 1. The van der Waals surface area contributed by atoms with E-state index in [0.717, 1.165) is 0 Å². The lowest BCUT2D eigenvalue weighted by Crippen LogP contribution is -2.14. The number of rotatable bonds is 2. The van der Waals surface area contributed by atoms with Crippen LogP contribution in [0.2, 0.25) is 0 Å². The van der Waals surface area contributed by atoms with Crippen molar-refractivity contribution in [3.63, 3.8) is 0 Å². The number of sulfonamides is 1. The Labute approximate surface area is 122 Å². The lowest BCUT2D eigenvalue weighted by Gasteiger charge is -2.11. The molecule has 2 aromatic carbocycles. The van der Waals surface area contributed by atoms with Crippen LogP contribution in [0.3, 0.4) is 0 Å². The van der Waals surface area contributed by atoms with Crippen LogP contribution in [0.25, 0.3) is 0 Å². The first kappa shape index (κ1) is 13.5. The molecule has 0 aliphatic heterocycles. The second kappa shape index (κ2) is 5.10. The summed E-state index contributed by atoms with van der Waals surface area (Å²) in [6.45, 7) is 0. The highest BCUT2D eigenvalue weighted by molar-refractivity contribution is 7.90. The number of hydrogen-bond acceptors (Lipinski definition) is 3. The summed E-state index contributed by atoms with van der Waals surface area (Å²) in [5, 5.41) is 0. The van der Waals surface area contributed by atoms with Crippen molar-refractivity contribution in [3.8, 4) is 0 Å². The van der Waals surface area contributed by atoms with Gasteiger partial charge in [-0.3, -0.25) is 4.79 Å². The minimum atomic E-state index is -3.79. The largest absolute Gasteiger partial charge is 0.289 e. The standard InChI is InChI=1S/C16H11NO3S/c18-16-11-10-15(13-8-4-5-9-14(13)16)17-21(19,20)12-6-2-1-3-7-12/h1-11H/b17-15-. The molecule has 1 aliphatic rings. The third-order valence-electron chi connectivity index (χ3n) is 3.12. The van der Waals surface area contributed by atoms with E-state index in [4.69, 9.17) is 0 Å². The summed E-state index contributed by atoms with van der Waals surface area (Å²) in [5.74, 6) is -0.151. The van der Waals surface area contributed by atoms with Gasteiger partial charge in [0.1, 0.15) is 0 Å². The van der Waals surface area contributed by atoms with Gasteiger partial charge in [0.15, 0.2) is 5.78 Å². The zero-order valence-electron chi connectivity index (χ0n) is 10.9. The van der Waals surface area contributed by atoms with Gasteiger partial charge in [-0.2, -0.15) is 12.8 Å². The predicted molar refractivity (Wildman–Crippen MR) is 80.1 cm³/mol. The quantitative estimate of drug-likeness (QED) is 0.856. The van der Waals surface area contributed by atoms with Crippen molar-refractivity contribution in [1.29, 1.82) is 0 Å². The molecule has 3 rings (SSSR count). The third-order valence-corrected chi connectivity index (χ3v) is 4.43. The fraction of sp³-hybridized carbons (Fsp3) is 0. The van der Waals surface area contributed by atoms with Gasteiger partial charge in [-0.25, -0.2) is 0 Å². The molecule has 1 aliphatic carbocycles. The molecule has 21 heavy (non-hydrogen) atoms. The van der Waals surface area contributed by atoms with E-state index in [9.17, 15) is 13.2 Å². The molecule has 0 unspecified atom stereocenters. The molecule has 0 fully saturated rings. The van der Waals surface area contributed by atoms with E-state index in [1.807, 2.05) is 0 Å². The number of carbonyl (C=O) groups excluding carboxylic acids is 1. The van der Waals surface area contributed by atoms with Crippen molar-refractivity contribution in [1.82, 2.24) is 0 Å². The topological polar surface area (TPSA) is 63.6 Å². The van der Waals surface area contributed by atoms with Gasteiger partial charge in [-0.1, -0.05) is 42.5 Å². The van der Waals surface area contributed by atoms with Gasteiger partial charge >= 0.3 is 0 Å². The van der Waals surface area contributed by atoms with E-state index in [1.165, 1.54) is 24.3 Å². The Morgan fingerprint density at radius 3 is 2.10 bits per heavy atom. The maximum absolute atomic E-state index is 12.3. The number of benzene rings is 2. The Bertz CT molecular complexity index is 865. The molecule has 0 radical (unpaired) electrons. The van der Waals surface area contributed by atoms with Crippen LogP contribution in [-0.4, -0.2) is 19.9 Å². The van der Waals surface area contributed by atoms with Crippen LogP contribution in [0.5, 0.6) is 0 Å². The summed E-state index contributed by atoms with van der Waals surface area (Å²) in [5.41, 5.74) is 1.26. The molecule has 0 bridgehead atoms. The molecule has 0 aromatic heterocycles. The Morgan fingerprint density at radius 2 is 1.38 bits per heavy atom. The smallest absolute Gasteiger partial charge is 0.282 e. The zero-order chi connectivity index (χ0) is 14.9. The second-order valence-electron chi connectivity index (χ2n) is 4.51. The fourth-order valence-corrected chi connectivity index (χ4v) is 3.13. The first-order valence-corrected chi connectivity index (χ1v) is 7.74. The normalized spacial score (nSPS) is 16.0. The van der Waals surface area contributed by atoms with Gasteiger partial charge in [0.25, 0.3) is 10.0 Å². The van der Waals surface area contributed by atoms with Gasteiger partial charge in [0.05, 0.1) is 10.6 Å². The first-order chi connectivity index (χ1) is 10.1. The number of allylic oxidation sites excluding steroid dienone is 2. The Hall–Kier alpha value is -2.53. The Balaban J connectivity index is 2.13. The van der Waals surface area contributed by atoms with Crippen LogP contribution < -0.4 is 0 Å². The molecule has 0 heterocycles. The number of ketones is 1. The highest BCUT2D eigenvalue weighted by Crippen LogP contribution is 2.20. The van der Waals surface area contributed by atoms with E-state index in [-0.39, 0.29) is 16.4 Å². The van der Waals surface area contributed by atoms with E-state index in [0.29, 0.717) is 11.1 Å². The lowest BCUT2D eigenvalue weighted by atomic mass is 9.95. The molecule has 0 saturated carbocycles. The van der Waals surface area contributed by atoms with Crippen LogP contribution in [0.4, 0.5) is 0 Å². The van der Waals surface area contributed by atoms with E-state index in [2.05, 4.69) is 4.40 Å². The molecule has 0 saturated heterocycles. The van der Waals surface area contributed by atoms with Crippen molar-refractivity contribution in [3.05, 3.63) is 77.9 Å². The van der Waals surface area contributed by atoms with Gasteiger partial charge in [-0.15, -0.1) is 0 Å². The zero-order valence-corrected chi connectivity index (χ0v) is 11.7. The molecule has 2 aromatic rings. The van der Waals surface area contributed by atoms with E-state index in [1.54, 1.807) is 42.5 Å². The van der Waals surface area contributed by atoms with Gasteiger partial charge in [0, 0.05) is 11.1 Å². The monoisotopic (exact) mass is 297 g/mol. The number of hydrogen-bond donors (Lipinski definition) is 0. The van der Waals surface area contributed by atoms with Gasteiger partial charge in [0.2, 0.25) is 0 Å². The summed E-state index contributed by atoms with van der Waals surface area (Å²) in [6.07, 6.45) is 2.77. The molecule has 0 amide bonds. The summed E-state index contributed by atoms with van der Waals surface area (Å²) < 4.78 is 28.4. The summed E-state index contributed by atoms with van der Waals surface area (Å²) in [7, 11) is -3.79. The van der Waals surface area contributed by atoms with Crippen LogP contribution in [0, 0.1) is 0 Å². The van der Waals surface area contributed by atoms with Crippen LogP contribution in [0.1, 0.15) is 15.9 Å². The third kappa shape index (κ3) is 2.55. The van der Waals surface area contributed by atoms with Crippen LogP contribution >= 0.6 is 0 Å². The van der Waals surface area contributed by atoms with Crippen molar-refractivity contribution in [2.45, 2.75) is 4.90 Å². The van der Waals surface area contributed by atoms with Crippen LogP contribution in [0.15, 0.2) is 76.0 Å². The maximum Gasteiger partial charge on any atom is 0.282 e. The minimum absolute atomic E-state index is 0.125. The molecule has 0 atom stereocenters. The van der Waals surface area contributed by atoms with Crippen molar-refractivity contribution in [2.24, 2.45) is 4.40 Å². The molecular formula is C16H11NO3S. The van der Waals surface area contributed by atoms with Gasteiger partial charge in [-0.05, 0) is 24.3 Å². The fourth-order valence-electron chi connectivity index (χ4n) is 2.11. The highest BCUT2D eigenvalue weighted by Gasteiger charge is 2.20. The van der Waals surface area contributed by atoms with E-state index >= 15 is 0 Å². The van der Waals surface area contributed by atoms with E-state index < -0.39 is 10.0 Å². The van der Waals surface area contributed by atoms with Gasteiger partial charge < -0.3 is 0 Å². The molecule has 0 spiro atoms. The SMILES string of the molecule is O=C1C=C/C(=N/S(=O)(=O)c2ccccc2)c2ccccc21. The molecule has 104 valence electrons. The Kier molecular flexibility index (Phi) is 3.27. The summed E-state index contributed by atoms with van der Waals surface area (Å²) in [4.78, 5) is 11.9. The van der Waals surface area contributed by atoms with Crippen molar-refractivity contribution < 1.29 is 13.2 Å². The number of nitrogens with zero attached hydrogens (tertiary/aromatic N) is 1. The number of fused-ring (bicyclic) bond motifs is 1. The predicted octanol–water partition coefficient (Wildman–Crippen LogP) is 2.62. The molecule has 4 nitrogen and oxygen atoms in total. The molecule has 5 heteroatoms. The van der Waals surface area contributed by atoms with Crippen LogP contribution in [-0.2, 0) is 10.0 Å². The molecular weight excluding hydrogens is 286 g/mol. The first-order valence-electron chi connectivity index (χ1n) is 6.30. The minimum Gasteiger partial charge on any atom is -0.289 e. The highest BCUT2D eigenvalue weighted by atomic mass is 32.2. The summed E-state index contributed by atoms with van der Waals surface area (Å²) >= 11 is 0. The average molecular weight is 297 g/mol. The molecule has 0 N–H and O–H groups in total. The Morgan fingerprint density at radius 1 is 0.762 bits per heavy atom. The average Bonchev–Trinajstić information content (AvgIpc) is 2.51.